The molecule has 22 heavy (non-hydrogen) atoms. The van der Waals surface area contributed by atoms with Crippen LogP contribution >= 0.6 is 15.9 Å². The average Bonchev–Trinajstić information content (AvgIpc) is 2.96. The van der Waals surface area contributed by atoms with Gasteiger partial charge in [0, 0.05) is 22.3 Å². The highest BCUT2D eigenvalue weighted by Crippen LogP contribution is 2.37. The van der Waals surface area contributed by atoms with Gasteiger partial charge >= 0.3 is 0 Å². The number of halogens is 1. The van der Waals surface area contributed by atoms with Gasteiger partial charge in [0.05, 0.1) is 12.3 Å². The minimum atomic E-state index is 0.243. The van der Waals surface area contributed by atoms with E-state index in [2.05, 4.69) is 20.9 Å². The SMILES string of the molecule is CCOc1cc2c(cc1C=Nc1ccc(Br)c(C)c1)OCO2. The Labute approximate surface area is 137 Å². The fourth-order valence-electron chi connectivity index (χ4n) is 2.17. The lowest BCUT2D eigenvalue weighted by Crippen LogP contribution is -1.96. The van der Waals surface area contributed by atoms with Gasteiger partial charge < -0.3 is 14.2 Å². The van der Waals surface area contributed by atoms with Crippen molar-refractivity contribution in [2.75, 3.05) is 13.4 Å². The molecule has 0 N–H and O–H groups in total. The molecule has 1 aliphatic rings. The molecule has 1 aliphatic heterocycles. The minimum absolute atomic E-state index is 0.243. The molecule has 0 atom stereocenters. The van der Waals surface area contributed by atoms with Crippen molar-refractivity contribution in [2.24, 2.45) is 4.99 Å². The molecule has 0 saturated carbocycles. The summed E-state index contributed by atoms with van der Waals surface area (Å²) >= 11 is 3.49. The van der Waals surface area contributed by atoms with Crippen molar-refractivity contribution in [1.82, 2.24) is 0 Å². The van der Waals surface area contributed by atoms with Gasteiger partial charge in [0.2, 0.25) is 6.79 Å². The zero-order valence-corrected chi connectivity index (χ0v) is 14.0. The molecular weight excluding hydrogens is 346 g/mol. The lowest BCUT2D eigenvalue weighted by atomic mass is 10.2. The smallest absolute Gasteiger partial charge is 0.231 e. The number of aliphatic imine (C=N–C) groups is 1. The van der Waals surface area contributed by atoms with E-state index in [0.717, 1.165) is 32.8 Å². The Morgan fingerprint density at radius 3 is 2.73 bits per heavy atom. The highest BCUT2D eigenvalue weighted by molar-refractivity contribution is 9.10. The predicted molar refractivity (Wildman–Crippen MR) is 89.9 cm³/mol. The zero-order chi connectivity index (χ0) is 15.5. The quantitative estimate of drug-likeness (QED) is 0.745. The molecule has 0 unspecified atom stereocenters. The minimum Gasteiger partial charge on any atom is -0.493 e. The summed E-state index contributed by atoms with van der Waals surface area (Å²) in [5.74, 6) is 2.17. The van der Waals surface area contributed by atoms with Crippen LogP contribution in [0.5, 0.6) is 17.2 Å². The molecule has 0 spiro atoms. The van der Waals surface area contributed by atoms with Crippen LogP contribution in [-0.2, 0) is 0 Å². The van der Waals surface area contributed by atoms with Crippen molar-refractivity contribution in [2.45, 2.75) is 13.8 Å². The molecule has 0 aromatic heterocycles. The molecule has 0 bridgehead atoms. The van der Waals surface area contributed by atoms with Crippen LogP contribution < -0.4 is 14.2 Å². The summed E-state index contributed by atoms with van der Waals surface area (Å²) in [7, 11) is 0. The maximum atomic E-state index is 5.66. The maximum Gasteiger partial charge on any atom is 0.231 e. The molecule has 0 aliphatic carbocycles. The van der Waals surface area contributed by atoms with Gasteiger partial charge in [0.15, 0.2) is 11.5 Å². The highest BCUT2D eigenvalue weighted by Gasteiger charge is 2.17. The number of ether oxygens (including phenoxy) is 3. The summed E-state index contributed by atoms with van der Waals surface area (Å²) in [5, 5.41) is 0. The second-order valence-corrected chi connectivity index (χ2v) is 5.72. The summed E-state index contributed by atoms with van der Waals surface area (Å²) in [6, 6.07) is 9.71. The Morgan fingerprint density at radius 1 is 1.23 bits per heavy atom. The van der Waals surface area contributed by atoms with Gasteiger partial charge in [0.1, 0.15) is 5.75 Å². The first kappa shape index (κ1) is 14.9. The molecule has 114 valence electrons. The summed E-state index contributed by atoms with van der Waals surface area (Å²) in [5.41, 5.74) is 2.90. The number of aryl methyl sites for hydroxylation is 1. The second kappa shape index (κ2) is 6.40. The third kappa shape index (κ3) is 3.09. The van der Waals surface area contributed by atoms with Gasteiger partial charge in [-0.2, -0.15) is 0 Å². The normalized spacial score (nSPS) is 12.9. The Bertz CT molecular complexity index is 728. The van der Waals surface area contributed by atoms with E-state index in [-0.39, 0.29) is 6.79 Å². The molecule has 1 heterocycles. The lowest BCUT2D eigenvalue weighted by molar-refractivity contribution is 0.174. The molecule has 2 aromatic carbocycles. The first-order valence-corrected chi connectivity index (χ1v) is 7.83. The maximum absolute atomic E-state index is 5.66. The fourth-order valence-corrected chi connectivity index (χ4v) is 2.42. The fraction of sp³-hybridized carbons (Fsp3) is 0.235. The van der Waals surface area contributed by atoms with Crippen molar-refractivity contribution in [3.05, 3.63) is 45.9 Å². The van der Waals surface area contributed by atoms with Gasteiger partial charge in [-0.3, -0.25) is 4.99 Å². The molecule has 2 aromatic rings. The lowest BCUT2D eigenvalue weighted by Gasteiger charge is -2.08. The van der Waals surface area contributed by atoms with Crippen LogP contribution in [0.4, 0.5) is 5.69 Å². The number of benzene rings is 2. The van der Waals surface area contributed by atoms with E-state index in [1.54, 1.807) is 6.21 Å². The van der Waals surface area contributed by atoms with Gasteiger partial charge in [0.25, 0.3) is 0 Å². The molecule has 4 nitrogen and oxygen atoms in total. The van der Waals surface area contributed by atoms with Crippen molar-refractivity contribution in [1.29, 1.82) is 0 Å². The number of hydrogen-bond acceptors (Lipinski definition) is 4. The van der Waals surface area contributed by atoms with Crippen LogP contribution in [0.1, 0.15) is 18.1 Å². The molecule has 0 amide bonds. The molecule has 0 radical (unpaired) electrons. The van der Waals surface area contributed by atoms with Crippen molar-refractivity contribution >= 4 is 27.8 Å². The number of hydrogen-bond donors (Lipinski definition) is 0. The topological polar surface area (TPSA) is 40.0 Å². The highest BCUT2D eigenvalue weighted by atomic mass is 79.9. The van der Waals surface area contributed by atoms with E-state index in [1.165, 1.54) is 0 Å². The first-order chi connectivity index (χ1) is 10.7. The molecular formula is C17H16BrNO3. The number of fused-ring (bicyclic) bond motifs is 1. The molecule has 0 saturated heterocycles. The number of rotatable bonds is 4. The van der Waals surface area contributed by atoms with Crippen LogP contribution in [0, 0.1) is 6.92 Å². The Hall–Kier alpha value is -2.01. The molecule has 0 fully saturated rings. The first-order valence-electron chi connectivity index (χ1n) is 7.04. The second-order valence-electron chi connectivity index (χ2n) is 4.87. The van der Waals surface area contributed by atoms with Crippen LogP contribution in [0.2, 0.25) is 0 Å². The van der Waals surface area contributed by atoms with Crippen LogP contribution in [0.3, 0.4) is 0 Å². The molecule has 3 rings (SSSR count). The van der Waals surface area contributed by atoms with E-state index in [0.29, 0.717) is 12.4 Å². The summed E-state index contributed by atoms with van der Waals surface area (Å²) in [4.78, 5) is 4.52. The largest absolute Gasteiger partial charge is 0.493 e. The van der Waals surface area contributed by atoms with Gasteiger partial charge in [-0.05, 0) is 43.7 Å². The van der Waals surface area contributed by atoms with Crippen molar-refractivity contribution < 1.29 is 14.2 Å². The van der Waals surface area contributed by atoms with Crippen molar-refractivity contribution in [3.63, 3.8) is 0 Å². The van der Waals surface area contributed by atoms with Gasteiger partial charge in [-0.1, -0.05) is 15.9 Å². The monoisotopic (exact) mass is 361 g/mol. The Balaban J connectivity index is 1.93. The van der Waals surface area contributed by atoms with Crippen LogP contribution in [0.25, 0.3) is 0 Å². The van der Waals surface area contributed by atoms with E-state index in [9.17, 15) is 0 Å². The third-order valence-corrected chi connectivity index (χ3v) is 4.19. The van der Waals surface area contributed by atoms with Gasteiger partial charge in [-0.25, -0.2) is 0 Å². The third-order valence-electron chi connectivity index (χ3n) is 3.30. The van der Waals surface area contributed by atoms with Crippen LogP contribution in [0.15, 0.2) is 39.8 Å². The van der Waals surface area contributed by atoms with Gasteiger partial charge in [-0.15, -0.1) is 0 Å². The van der Waals surface area contributed by atoms with E-state index in [4.69, 9.17) is 14.2 Å². The summed E-state index contributed by atoms with van der Waals surface area (Å²) in [6.07, 6.45) is 1.79. The Morgan fingerprint density at radius 2 is 2.00 bits per heavy atom. The zero-order valence-electron chi connectivity index (χ0n) is 12.4. The Kier molecular flexibility index (Phi) is 4.34. The van der Waals surface area contributed by atoms with Crippen molar-refractivity contribution in [3.8, 4) is 17.2 Å². The predicted octanol–water partition coefficient (Wildman–Crippen LogP) is 4.64. The average molecular weight is 362 g/mol. The van der Waals surface area contributed by atoms with Crippen LogP contribution in [-0.4, -0.2) is 19.6 Å². The van der Waals surface area contributed by atoms with E-state index < -0.39 is 0 Å². The number of nitrogens with zero attached hydrogens (tertiary/aromatic N) is 1. The standard InChI is InChI=1S/C17H16BrNO3/c1-3-20-15-8-17-16(21-10-22-17)7-12(15)9-19-13-4-5-14(18)11(2)6-13/h4-9H,3,10H2,1-2H3. The van der Waals surface area contributed by atoms with E-state index >= 15 is 0 Å². The van der Waals surface area contributed by atoms with E-state index in [1.807, 2.05) is 44.2 Å². The molecule has 5 heteroatoms. The summed E-state index contributed by atoms with van der Waals surface area (Å²) in [6.45, 7) is 4.81. The summed E-state index contributed by atoms with van der Waals surface area (Å²) < 4.78 is 17.5.